The molecule has 32 heavy (non-hydrogen) atoms. The van der Waals surface area contributed by atoms with Gasteiger partial charge in [-0.2, -0.15) is 13.2 Å². The van der Waals surface area contributed by atoms with Crippen LogP contribution < -0.4 is 10.9 Å². The van der Waals surface area contributed by atoms with Crippen LogP contribution in [-0.2, 0) is 24.1 Å². The van der Waals surface area contributed by atoms with Crippen LogP contribution in [0.3, 0.4) is 0 Å². The Morgan fingerprint density at radius 2 is 1.91 bits per heavy atom. The van der Waals surface area contributed by atoms with E-state index in [2.05, 4.69) is 20.6 Å². The number of anilines is 1. The fraction of sp³-hybridized carbons (Fsp3) is 0.190. The van der Waals surface area contributed by atoms with Crippen molar-refractivity contribution >= 4 is 22.8 Å². The number of hydrogen-bond acceptors (Lipinski definition) is 5. The van der Waals surface area contributed by atoms with E-state index in [4.69, 9.17) is 0 Å². The second-order valence-corrected chi connectivity index (χ2v) is 7.21. The van der Waals surface area contributed by atoms with Gasteiger partial charge in [0.15, 0.2) is 11.2 Å². The van der Waals surface area contributed by atoms with Crippen LogP contribution in [0.5, 0.6) is 0 Å². The van der Waals surface area contributed by atoms with Gasteiger partial charge in [-0.15, -0.1) is 5.10 Å². The van der Waals surface area contributed by atoms with E-state index in [1.54, 1.807) is 18.2 Å². The van der Waals surface area contributed by atoms with Gasteiger partial charge in [0, 0.05) is 5.69 Å². The molecule has 2 aromatic heterocycles. The molecule has 164 valence electrons. The Bertz CT molecular complexity index is 1360. The van der Waals surface area contributed by atoms with Crippen molar-refractivity contribution in [3.8, 4) is 0 Å². The minimum absolute atomic E-state index is 0.0509. The standard InChI is InChI=1S/C21H17F3N6O2/c1-13-4-2-7-16(8-13)26-17(31)11-29-12-25-19-18(20(29)32)27-28-30(19)10-14-5-3-6-15(9-14)21(22,23)24/h2-9,12H,10-11H2,1H3,(H,26,31). The summed E-state index contributed by atoms with van der Waals surface area (Å²) in [5.41, 5.74) is 0.573. The summed E-state index contributed by atoms with van der Waals surface area (Å²) in [5.74, 6) is -0.421. The maximum atomic E-state index is 12.9. The van der Waals surface area contributed by atoms with Crippen molar-refractivity contribution in [3.63, 3.8) is 0 Å². The Balaban J connectivity index is 1.55. The Kier molecular flexibility index (Phi) is 5.47. The molecule has 0 aliphatic rings. The van der Waals surface area contributed by atoms with E-state index in [0.29, 0.717) is 11.3 Å². The van der Waals surface area contributed by atoms with Crippen LogP contribution in [0, 0.1) is 6.92 Å². The molecule has 2 aromatic carbocycles. The first-order valence-electron chi connectivity index (χ1n) is 9.52. The lowest BCUT2D eigenvalue weighted by atomic mass is 10.1. The molecule has 0 unspecified atom stereocenters. The molecule has 11 heteroatoms. The van der Waals surface area contributed by atoms with Crippen molar-refractivity contribution in [2.45, 2.75) is 26.2 Å². The summed E-state index contributed by atoms with van der Waals surface area (Å²) in [6, 6.07) is 12.0. The summed E-state index contributed by atoms with van der Waals surface area (Å²) in [6.45, 7) is 1.56. The minimum Gasteiger partial charge on any atom is -0.325 e. The van der Waals surface area contributed by atoms with Crippen LogP contribution >= 0.6 is 0 Å². The van der Waals surface area contributed by atoms with Gasteiger partial charge in [0.05, 0.1) is 12.1 Å². The monoisotopic (exact) mass is 442 g/mol. The van der Waals surface area contributed by atoms with Gasteiger partial charge in [-0.05, 0) is 42.3 Å². The van der Waals surface area contributed by atoms with Gasteiger partial charge < -0.3 is 5.32 Å². The number of carbonyl (C=O) groups excluding carboxylic acids is 1. The van der Waals surface area contributed by atoms with Gasteiger partial charge in [0.2, 0.25) is 5.91 Å². The molecule has 1 amide bonds. The number of fused-ring (bicyclic) bond motifs is 1. The lowest BCUT2D eigenvalue weighted by Gasteiger charge is -2.09. The third-order valence-corrected chi connectivity index (χ3v) is 4.69. The first-order valence-corrected chi connectivity index (χ1v) is 9.52. The highest BCUT2D eigenvalue weighted by Crippen LogP contribution is 2.29. The summed E-state index contributed by atoms with van der Waals surface area (Å²) in [5, 5.41) is 10.4. The molecule has 8 nitrogen and oxygen atoms in total. The summed E-state index contributed by atoms with van der Waals surface area (Å²) in [7, 11) is 0. The highest BCUT2D eigenvalue weighted by atomic mass is 19.4. The number of rotatable bonds is 5. The van der Waals surface area contributed by atoms with E-state index in [-0.39, 0.29) is 24.3 Å². The van der Waals surface area contributed by atoms with Crippen molar-refractivity contribution in [3.05, 3.63) is 81.9 Å². The largest absolute Gasteiger partial charge is 0.416 e. The molecule has 0 radical (unpaired) electrons. The zero-order valence-electron chi connectivity index (χ0n) is 16.8. The molecule has 1 N–H and O–H groups in total. The second kappa shape index (κ2) is 8.25. The number of carbonyl (C=O) groups is 1. The van der Waals surface area contributed by atoms with Gasteiger partial charge in [0.25, 0.3) is 5.56 Å². The fourth-order valence-electron chi connectivity index (χ4n) is 3.20. The molecular formula is C21H17F3N6O2. The van der Waals surface area contributed by atoms with Gasteiger partial charge >= 0.3 is 6.18 Å². The molecule has 0 saturated carbocycles. The fourth-order valence-corrected chi connectivity index (χ4v) is 3.20. The average Bonchev–Trinajstić information content (AvgIpc) is 3.13. The van der Waals surface area contributed by atoms with Crippen molar-refractivity contribution < 1.29 is 18.0 Å². The Labute approximate surface area is 179 Å². The van der Waals surface area contributed by atoms with Crippen LogP contribution in [0.15, 0.2) is 59.7 Å². The van der Waals surface area contributed by atoms with Gasteiger partial charge in [0.1, 0.15) is 12.9 Å². The molecule has 0 bridgehead atoms. The van der Waals surface area contributed by atoms with Crippen molar-refractivity contribution in [1.82, 2.24) is 24.5 Å². The van der Waals surface area contributed by atoms with Gasteiger partial charge in [-0.3, -0.25) is 14.2 Å². The van der Waals surface area contributed by atoms with E-state index in [0.717, 1.165) is 22.3 Å². The maximum absolute atomic E-state index is 12.9. The average molecular weight is 442 g/mol. The number of amides is 1. The first kappa shape index (κ1) is 21.2. The zero-order chi connectivity index (χ0) is 22.9. The summed E-state index contributed by atoms with van der Waals surface area (Å²) in [4.78, 5) is 29.2. The Morgan fingerprint density at radius 1 is 1.12 bits per heavy atom. The zero-order valence-corrected chi connectivity index (χ0v) is 16.8. The Hall–Kier alpha value is -4.02. The molecule has 0 spiro atoms. The molecule has 4 aromatic rings. The number of aryl methyl sites for hydroxylation is 1. The van der Waals surface area contributed by atoms with Gasteiger partial charge in [-0.1, -0.05) is 29.5 Å². The Morgan fingerprint density at radius 3 is 2.66 bits per heavy atom. The van der Waals surface area contributed by atoms with Crippen LogP contribution in [0.25, 0.3) is 11.2 Å². The number of aromatic nitrogens is 5. The van der Waals surface area contributed by atoms with E-state index < -0.39 is 23.2 Å². The molecule has 2 heterocycles. The lowest BCUT2D eigenvalue weighted by Crippen LogP contribution is -2.28. The second-order valence-electron chi connectivity index (χ2n) is 7.21. The van der Waals surface area contributed by atoms with Crippen LogP contribution in [0.4, 0.5) is 18.9 Å². The number of nitrogens with one attached hydrogen (secondary N) is 1. The summed E-state index contributed by atoms with van der Waals surface area (Å²) in [6.07, 6.45) is -3.28. The topological polar surface area (TPSA) is 94.7 Å². The molecule has 0 fully saturated rings. The van der Waals surface area contributed by atoms with E-state index in [9.17, 15) is 22.8 Å². The molecular weight excluding hydrogens is 425 g/mol. The quantitative estimate of drug-likeness (QED) is 0.513. The van der Waals surface area contributed by atoms with Crippen LogP contribution in [0.1, 0.15) is 16.7 Å². The lowest BCUT2D eigenvalue weighted by molar-refractivity contribution is -0.137. The van der Waals surface area contributed by atoms with Gasteiger partial charge in [-0.25, -0.2) is 9.67 Å². The van der Waals surface area contributed by atoms with Crippen molar-refractivity contribution in [2.24, 2.45) is 0 Å². The first-order chi connectivity index (χ1) is 15.2. The van der Waals surface area contributed by atoms with E-state index in [1.807, 2.05) is 13.0 Å². The van der Waals surface area contributed by atoms with Crippen molar-refractivity contribution in [1.29, 1.82) is 0 Å². The third kappa shape index (κ3) is 4.51. The van der Waals surface area contributed by atoms with Crippen molar-refractivity contribution in [2.75, 3.05) is 5.32 Å². The SMILES string of the molecule is Cc1cccc(NC(=O)Cn2cnc3c(nnn3Cc3cccc(C(F)(F)F)c3)c2=O)c1. The molecule has 0 saturated heterocycles. The minimum atomic E-state index is -4.47. The number of alkyl halides is 3. The van der Waals surface area contributed by atoms with Crippen LogP contribution in [-0.4, -0.2) is 30.5 Å². The molecule has 0 aliphatic carbocycles. The number of hydrogen-bond donors (Lipinski definition) is 1. The number of nitrogens with zero attached hydrogens (tertiary/aromatic N) is 5. The number of benzene rings is 2. The van der Waals surface area contributed by atoms with E-state index >= 15 is 0 Å². The predicted octanol–water partition coefficient (Wildman–Crippen LogP) is 3.00. The van der Waals surface area contributed by atoms with E-state index in [1.165, 1.54) is 23.1 Å². The normalized spacial score (nSPS) is 11.6. The summed E-state index contributed by atoms with van der Waals surface area (Å²) < 4.78 is 41.1. The molecule has 0 aliphatic heterocycles. The van der Waals surface area contributed by atoms with Crippen LogP contribution in [0.2, 0.25) is 0 Å². The third-order valence-electron chi connectivity index (χ3n) is 4.69. The highest BCUT2D eigenvalue weighted by molar-refractivity contribution is 5.90. The summed E-state index contributed by atoms with van der Waals surface area (Å²) >= 11 is 0. The number of halogens is 3. The predicted molar refractivity (Wildman–Crippen MR) is 110 cm³/mol. The molecule has 0 atom stereocenters. The maximum Gasteiger partial charge on any atom is 0.416 e. The highest BCUT2D eigenvalue weighted by Gasteiger charge is 2.30. The smallest absolute Gasteiger partial charge is 0.325 e. The molecule has 4 rings (SSSR count).